The Balaban J connectivity index is 1.99. The van der Waals surface area contributed by atoms with Gasteiger partial charge < -0.3 is 14.6 Å². The smallest absolute Gasteiger partial charge is 0.174 e. The number of ether oxygens (including phenoxy) is 1. The molecule has 2 aromatic rings. The summed E-state index contributed by atoms with van der Waals surface area (Å²) in [5.74, 6) is 1.57. The summed E-state index contributed by atoms with van der Waals surface area (Å²) in [5.41, 5.74) is 1.97. The number of aromatic nitrogens is 1. The molecule has 0 radical (unpaired) electrons. The molecule has 96 valence electrons. The van der Waals surface area contributed by atoms with Crippen molar-refractivity contribution in [1.29, 1.82) is 0 Å². The second-order valence-corrected chi connectivity index (χ2v) is 4.93. The molecule has 0 amide bonds. The van der Waals surface area contributed by atoms with E-state index in [0.717, 1.165) is 27.2 Å². The fourth-order valence-corrected chi connectivity index (χ4v) is 1.91. The summed E-state index contributed by atoms with van der Waals surface area (Å²) in [6.45, 7) is 3.09. The van der Waals surface area contributed by atoms with Gasteiger partial charge >= 0.3 is 0 Å². The van der Waals surface area contributed by atoms with Gasteiger partial charge in [-0.25, -0.2) is 0 Å². The summed E-state index contributed by atoms with van der Waals surface area (Å²) < 4.78 is 11.9. The SMILES string of the molecule is CNCc1cc(COc2cc(Br)ccc2C)on1. The van der Waals surface area contributed by atoms with E-state index < -0.39 is 0 Å². The Morgan fingerprint density at radius 1 is 1.39 bits per heavy atom. The molecular weight excluding hydrogens is 296 g/mol. The van der Waals surface area contributed by atoms with Gasteiger partial charge in [-0.3, -0.25) is 0 Å². The summed E-state index contributed by atoms with van der Waals surface area (Å²) in [6.07, 6.45) is 0. The van der Waals surface area contributed by atoms with Gasteiger partial charge in [0.15, 0.2) is 5.76 Å². The summed E-state index contributed by atoms with van der Waals surface area (Å²) in [5, 5.41) is 6.95. The standard InChI is InChI=1S/C13H15BrN2O2/c1-9-3-4-10(14)5-13(9)17-8-12-6-11(7-15-2)16-18-12/h3-6,15H,7-8H2,1-2H3. The molecule has 0 saturated carbocycles. The first-order chi connectivity index (χ1) is 8.69. The van der Waals surface area contributed by atoms with E-state index in [-0.39, 0.29) is 0 Å². The van der Waals surface area contributed by atoms with Crippen LogP contribution in [0.15, 0.2) is 33.3 Å². The molecule has 2 rings (SSSR count). The molecule has 0 atom stereocenters. The first-order valence-electron chi connectivity index (χ1n) is 5.67. The monoisotopic (exact) mass is 310 g/mol. The second kappa shape index (κ2) is 6.02. The van der Waals surface area contributed by atoms with E-state index in [2.05, 4.69) is 26.4 Å². The highest BCUT2D eigenvalue weighted by Gasteiger charge is 2.06. The van der Waals surface area contributed by atoms with Crippen LogP contribution >= 0.6 is 15.9 Å². The van der Waals surface area contributed by atoms with E-state index in [1.54, 1.807) is 0 Å². The van der Waals surface area contributed by atoms with Crippen LogP contribution in [0.1, 0.15) is 17.0 Å². The minimum absolute atomic E-state index is 0.383. The van der Waals surface area contributed by atoms with Crippen molar-refractivity contribution in [3.05, 3.63) is 45.8 Å². The third kappa shape index (κ3) is 3.34. The molecule has 0 saturated heterocycles. The Kier molecular flexibility index (Phi) is 4.38. The van der Waals surface area contributed by atoms with Crippen LogP contribution in [0.5, 0.6) is 5.75 Å². The van der Waals surface area contributed by atoms with Crippen LogP contribution < -0.4 is 10.1 Å². The highest BCUT2D eigenvalue weighted by Crippen LogP contribution is 2.23. The molecule has 5 heteroatoms. The highest BCUT2D eigenvalue weighted by molar-refractivity contribution is 9.10. The maximum Gasteiger partial charge on any atom is 0.174 e. The average Bonchev–Trinajstić information content (AvgIpc) is 2.79. The first-order valence-corrected chi connectivity index (χ1v) is 6.46. The molecule has 0 aliphatic rings. The molecule has 0 spiro atoms. The van der Waals surface area contributed by atoms with Crippen LogP contribution in [0.4, 0.5) is 0 Å². The Labute approximate surface area is 114 Å². The van der Waals surface area contributed by atoms with Gasteiger partial charge in [-0.05, 0) is 31.7 Å². The summed E-state index contributed by atoms with van der Waals surface area (Å²) in [6, 6.07) is 7.83. The summed E-state index contributed by atoms with van der Waals surface area (Å²) in [7, 11) is 1.87. The Bertz CT molecular complexity index is 525. The van der Waals surface area contributed by atoms with Crippen LogP contribution in [0.25, 0.3) is 0 Å². The fourth-order valence-electron chi connectivity index (χ4n) is 1.57. The number of nitrogens with one attached hydrogen (secondary N) is 1. The Morgan fingerprint density at radius 3 is 3.00 bits per heavy atom. The molecule has 4 nitrogen and oxygen atoms in total. The third-order valence-electron chi connectivity index (χ3n) is 2.49. The zero-order valence-electron chi connectivity index (χ0n) is 10.4. The second-order valence-electron chi connectivity index (χ2n) is 4.01. The first kappa shape index (κ1) is 13.1. The van der Waals surface area contributed by atoms with Gasteiger partial charge in [-0.2, -0.15) is 0 Å². The molecule has 1 heterocycles. The fraction of sp³-hybridized carbons (Fsp3) is 0.308. The maximum absolute atomic E-state index is 5.71. The molecule has 1 aromatic heterocycles. The van der Waals surface area contributed by atoms with Gasteiger partial charge in [0.2, 0.25) is 0 Å². The molecule has 0 unspecified atom stereocenters. The topological polar surface area (TPSA) is 47.3 Å². The lowest BCUT2D eigenvalue weighted by Crippen LogP contribution is -2.04. The van der Waals surface area contributed by atoms with Crippen LogP contribution in [0.2, 0.25) is 0 Å². The van der Waals surface area contributed by atoms with E-state index in [0.29, 0.717) is 13.2 Å². The van der Waals surface area contributed by atoms with Gasteiger partial charge in [0, 0.05) is 17.1 Å². The van der Waals surface area contributed by atoms with Crippen LogP contribution in [-0.4, -0.2) is 12.2 Å². The van der Waals surface area contributed by atoms with Gasteiger partial charge in [0.1, 0.15) is 12.4 Å². The number of aryl methyl sites for hydroxylation is 1. The molecule has 0 fully saturated rings. The largest absolute Gasteiger partial charge is 0.485 e. The zero-order valence-corrected chi connectivity index (χ0v) is 12.0. The van der Waals surface area contributed by atoms with Gasteiger partial charge in [0.05, 0.1) is 5.69 Å². The minimum Gasteiger partial charge on any atom is -0.485 e. The quantitative estimate of drug-likeness (QED) is 0.922. The molecule has 0 bridgehead atoms. The zero-order chi connectivity index (χ0) is 13.0. The number of halogens is 1. The number of benzene rings is 1. The molecule has 0 aliphatic heterocycles. The van der Waals surface area contributed by atoms with Crippen molar-refractivity contribution in [2.24, 2.45) is 0 Å². The Morgan fingerprint density at radius 2 is 2.22 bits per heavy atom. The van der Waals surface area contributed by atoms with Gasteiger partial charge in [-0.15, -0.1) is 0 Å². The predicted molar refractivity (Wildman–Crippen MR) is 72.5 cm³/mol. The van der Waals surface area contributed by atoms with Crippen LogP contribution in [0.3, 0.4) is 0 Å². The lowest BCUT2D eigenvalue weighted by Gasteiger charge is -2.07. The van der Waals surface area contributed by atoms with Crippen molar-refractivity contribution in [1.82, 2.24) is 10.5 Å². The van der Waals surface area contributed by atoms with E-state index in [9.17, 15) is 0 Å². The van der Waals surface area contributed by atoms with Crippen molar-refractivity contribution in [3.8, 4) is 5.75 Å². The highest BCUT2D eigenvalue weighted by atomic mass is 79.9. The molecule has 0 aliphatic carbocycles. The normalized spacial score (nSPS) is 10.6. The van der Waals surface area contributed by atoms with Crippen molar-refractivity contribution in [2.45, 2.75) is 20.1 Å². The third-order valence-corrected chi connectivity index (χ3v) is 2.98. The maximum atomic E-state index is 5.71. The summed E-state index contributed by atoms with van der Waals surface area (Å²) in [4.78, 5) is 0. The summed E-state index contributed by atoms with van der Waals surface area (Å²) >= 11 is 3.42. The van der Waals surface area contributed by atoms with E-state index in [4.69, 9.17) is 9.26 Å². The van der Waals surface area contributed by atoms with E-state index in [1.165, 1.54) is 0 Å². The Hall–Kier alpha value is -1.33. The number of nitrogens with zero attached hydrogens (tertiary/aromatic N) is 1. The molecule has 18 heavy (non-hydrogen) atoms. The van der Waals surface area contributed by atoms with Crippen molar-refractivity contribution < 1.29 is 9.26 Å². The number of hydrogen-bond donors (Lipinski definition) is 1. The van der Waals surface area contributed by atoms with Crippen molar-refractivity contribution in [3.63, 3.8) is 0 Å². The predicted octanol–water partition coefficient (Wildman–Crippen LogP) is 3.04. The number of rotatable bonds is 5. The van der Waals surface area contributed by atoms with E-state index in [1.807, 2.05) is 38.2 Å². The molecule has 1 aromatic carbocycles. The number of hydrogen-bond acceptors (Lipinski definition) is 4. The minimum atomic E-state index is 0.383. The van der Waals surface area contributed by atoms with Gasteiger partial charge in [-0.1, -0.05) is 27.2 Å². The lowest BCUT2D eigenvalue weighted by atomic mass is 10.2. The van der Waals surface area contributed by atoms with Crippen molar-refractivity contribution >= 4 is 15.9 Å². The average molecular weight is 311 g/mol. The van der Waals surface area contributed by atoms with Crippen LogP contribution in [-0.2, 0) is 13.2 Å². The van der Waals surface area contributed by atoms with Crippen LogP contribution in [0, 0.1) is 6.92 Å². The molecular formula is C13H15BrN2O2. The lowest BCUT2D eigenvalue weighted by molar-refractivity contribution is 0.247. The van der Waals surface area contributed by atoms with Crippen molar-refractivity contribution in [2.75, 3.05) is 7.05 Å². The molecule has 1 N–H and O–H groups in total. The van der Waals surface area contributed by atoms with Gasteiger partial charge in [0.25, 0.3) is 0 Å². The van der Waals surface area contributed by atoms with E-state index >= 15 is 0 Å².